The van der Waals surface area contributed by atoms with Crippen molar-refractivity contribution in [2.45, 2.75) is 32.8 Å². The molecule has 0 saturated carbocycles. The summed E-state index contributed by atoms with van der Waals surface area (Å²) in [5.74, 6) is -0.737. The van der Waals surface area contributed by atoms with Gasteiger partial charge >= 0.3 is 5.97 Å². The van der Waals surface area contributed by atoms with Gasteiger partial charge in [-0.05, 0) is 20.8 Å². The maximum Gasteiger partial charge on any atom is 0.332 e. The van der Waals surface area contributed by atoms with Gasteiger partial charge in [-0.2, -0.15) is 5.26 Å². The van der Waals surface area contributed by atoms with E-state index >= 15 is 0 Å². The smallest absolute Gasteiger partial charge is 0.332 e. The second-order valence-corrected chi connectivity index (χ2v) is 4.94. The molecule has 0 fully saturated rings. The lowest BCUT2D eigenvalue weighted by Gasteiger charge is -2.19. The lowest BCUT2D eigenvalue weighted by atomic mass is 10.2. The predicted molar refractivity (Wildman–Crippen MR) is 70.7 cm³/mol. The lowest BCUT2D eigenvalue weighted by molar-refractivity contribution is -0.160. The molecule has 0 heterocycles. The molecule has 0 radical (unpaired) electrons. The summed E-state index contributed by atoms with van der Waals surface area (Å²) in [7, 11) is 0. The molecule has 0 bridgehead atoms. The van der Waals surface area contributed by atoms with Gasteiger partial charge in [0.05, 0.1) is 25.9 Å². The average molecular weight is 286 g/mol. The number of carbonyl (C=O) groups excluding carboxylic acids is 2. The molecule has 0 spiro atoms. The summed E-state index contributed by atoms with van der Waals surface area (Å²) < 4.78 is 15.3. The SMILES string of the molecule is CC(C)(C)OC(=O)COCCOCCNC(=O)CC#N. The summed E-state index contributed by atoms with van der Waals surface area (Å²) in [6, 6.07) is 1.75. The highest BCUT2D eigenvalue weighted by atomic mass is 16.6. The monoisotopic (exact) mass is 286 g/mol. The number of hydrogen-bond acceptors (Lipinski definition) is 6. The number of nitriles is 1. The second kappa shape index (κ2) is 10.2. The Hall–Kier alpha value is -1.65. The van der Waals surface area contributed by atoms with Crippen LogP contribution in [0.4, 0.5) is 0 Å². The zero-order valence-electron chi connectivity index (χ0n) is 12.2. The van der Waals surface area contributed by atoms with Crippen LogP contribution in [0.3, 0.4) is 0 Å². The number of nitrogens with one attached hydrogen (secondary N) is 1. The zero-order valence-corrected chi connectivity index (χ0v) is 12.2. The third kappa shape index (κ3) is 12.8. The molecular weight excluding hydrogens is 264 g/mol. The van der Waals surface area contributed by atoms with Gasteiger partial charge in [-0.25, -0.2) is 4.79 Å². The molecule has 114 valence electrons. The Kier molecular flexibility index (Phi) is 9.34. The largest absolute Gasteiger partial charge is 0.458 e. The molecular formula is C13H22N2O5. The molecule has 0 aliphatic rings. The highest BCUT2D eigenvalue weighted by molar-refractivity contribution is 5.77. The van der Waals surface area contributed by atoms with E-state index < -0.39 is 11.6 Å². The molecule has 0 aromatic rings. The van der Waals surface area contributed by atoms with Crippen molar-refractivity contribution in [3.63, 3.8) is 0 Å². The van der Waals surface area contributed by atoms with Crippen molar-refractivity contribution in [2.24, 2.45) is 0 Å². The number of carbonyl (C=O) groups is 2. The number of hydrogen-bond donors (Lipinski definition) is 1. The van der Waals surface area contributed by atoms with Crippen molar-refractivity contribution >= 4 is 11.9 Å². The summed E-state index contributed by atoms with van der Waals surface area (Å²) in [6.45, 7) is 6.50. The molecule has 0 aromatic carbocycles. The molecule has 0 saturated heterocycles. The third-order valence-corrected chi connectivity index (χ3v) is 1.82. The summed E-state index contributed by atoms with van der Waals surface area (Å²) >= 11 is 0. The van der Waals surface area contributed by atoms with Crippen LogP contribution in [-0.4, -0.2) is 50.4 Å². The quantitative estimate of drug-likeness (QED) is 0.486. The van der Waals surface area contributed by atoms with E-state index in [-0.39, 0.29) is 25.5 Å². The lowest BCUT2D eigenvalue weighted by Crippen LogP contribution is -2.28. The van der Waals surface area contributed by atoms with Gasteiger partial charge in [0.1, 0.15) is 18.6 Å². The Morgan fingerprint density at radius 1 is 1.15 bits per heavy atom. The molecule has 0 rings (SSSR count). The minimum absolute atomic E-state index is 0.112. The first-order valence-electron chi connectivity index (χ1n) is 6.36. The van der Waals surface area contributed by atoms with Crippen LogP contribution >= 0.6 is 0 Å². The van der Waals surface area contributed by atoms with Crippen molar-refractivity contribution in [3.8, 4) is 6.07 Å². The van der Waals surface area contributed by atoms with E-state index in [4.69, 9.17) is 19.5 Å². The topological polar surface area (TPSA) is 97.7 Å². The summed E-state index contributed by atoms with van der Waals surface area (Å²) in [5.41, 5.74) is -0.515. The van der Waals surface area contributed by atoms with Crippen molar-refractivity contribution < 1.29 is 23.8 Å². The van der Waals surface area contributed by atoms with Crippen LogP contribution in [0.15, 0.2) is 0 Å². The number of amides is 1. The Labute approximate surface area is 119 Å². The Balaban J connectivity index is 3.35. The van der Waals surface area contributed by atoms with Gasteiger partial charge in [-0.3, -0.25) is 4.79 Å². The number of nitrogens with zero attached hydrogens (tertiary/aromatic N) is 1. The van der Waals surface area contributed by atoms with Gasteiger partial charge in [0.2, 0.25) is 5.91 Å². The Morgan fingerprint density at radius 3 is 2.40 bits per heavy atom. The van der Waals surface area contributed by atoms with Gasteiger partial charge in [0, 0.05) is 6.54 Å². The highest BCUT2D eigenvalue weighted by Crippen LogP contribution is 2.06. The van der Waals surface area contributed by atoms with Crippen LogP contribution in [0.25, 0.3) is 0 Å². The fraction of sp³-hybridized carbons (Fsp3) is 0.769. The van der Waals surface area contributed by atoms with Gasteiger partial charge in [0.15, 0.2) is 0 Å². The minimum Gasteiger partial charge on any atom is -0.458 e. The van der Waals surface area contributed by atoms with Gasteiger partial charge in [0.25, 0.3) is 0 Å². The van der Waals surface area contributed by atoms with Gasteiger partial charge in [-0.1, -0.05) is 0 Å². The highest BCUT2D eigenvalue weighted by Gasteiger charge is 2.15. The fourth-order valence-corrected chi connectivity index (χ4v) is 1.14. The standard InChI is InChI=1S/C13H22N2O5/c1-13(2,3)20-12(17)10-19-9-8-18-7-6-15-11(16)4-5-14/h4,6-10H2,1-3H3,(H,15,16). The predicted octanol–water partition coefficient (Wildman–Crippen LogP) is 0.391. The van der Waals surface area contributed by atoms with Crippen molar-refractivity contribution in [1.29, 1.82) is 5.26 Å². The van der Waals surface area contributed by atoms with E-state index in [9.17, 15) is 9.59 Å². The number of rotatable bonds is 9. The molecule has 7 heteroatoms. The fourth-order valence-electron chi connectivity index (χ4n) is 1.14. The molecule has 0 aliphatic heterocycles. The average Bonchev–Trinajstić information content (AvgIpc) is 2.30. The van der Waals surface area contributed by atoms with E-state index in [0.29, 0.717) is 19.8 Å². The second-order valence-electron chi connectivity index (χ2n) is 4.94. The Morgan fingerprint density at radius 2 is 1.80 bits per heavy atom. The van der Waals surface area contributed by atoms with Crippen LogP contribution in [-0.2, 0) is 23.8 Å². The third-order valence-electron chi connectivity index (χ3n) is 1.82. The summed E-state index contributed by atoms with van der Waals surface area (Å²) in [6.07, 6.45) is -0.154. The van der Waals surface area contributed by atoms with E-state index in [1.54, 1.807) is 26.8 Å². The maximum atomic E-state index is 11.3. The van der Waals surface area contributed by atoms with Crippen molar-refractivity contribution in [3.05, 3.63) is 0 Å². The van der Waals surface area contributed by atoms with E-state index in [1.165, 1.54) is 0 Å². The Bertz CT molecular complexity index is 344. The first kappa shape index (κ1) is 18.4. The molecule has 0 aromatic heterocycles. The van der Waals surface area contributed by atoms with Crippen LogP contribution in [0.5, 0.6) is 0 Å². The van der Waals surface area contributed by atoms with Gasteiger partial charge in [-0.15, -0.1) is 0 Å². The molecule has 0 aliphatic carbocycles. The van der Waals surface area contributed by atoms with Gasteiger partial charge < -0.3 is 19.5 Å². The van der Waals surface area contributed by atoms with Crippen LogP contribution in [0, 0.1) is 11.3 Å². The molecule has 1 N–H and O–H groups in total. The van der Waals surface area contributed by atoms with Crippen LogP contribution in [0.1, 0.15) is 27.2 Å². The molecule has 20 heavy (non-hydrogen) atoms. The van der Waals surface area contributed by atoms with Crippen LogP contribution < -0.4 is 5.32 Å². The molecule has 7 nitrogen and oxygen atoms in total. The molecule has 1 amide bonds. The number of esters is 1. The minimum atomic E-state index is -0.515. The van der Waals surface area contributed by atoms with Crippen LogP contribution in [0.2, 0.25) is 0 Å². The number of ether oxygens (including phenoxy) is 3. The summed E-state index contributed by atoms with van der Waals surface area (Å²) in [5, 5.41) is 10.8. The molecule has 0 atom stereocenters. The van der Waals surface area contributed by atoms with Crippen molar-refractivity contribution in [2.75, 3.05) is 33.0 Å². The first-order valence-corrected chi connectivity index (χ1v) is 6.36. The first-order chi connectivity index (χ1) is 9.35. The maximum absolute atomic E-state index is 11.3. The van der Waals surface area contributed by atoms with Crippen molar-refractivity contribution in [1.82, 2.24) is 5.32 Å². The molecule has 0 unspecified atom stereocenters. The normalized spacial score (nSPS) is 10.7. The van der Waals surface area contributed by atoms with E-state index in [2.05, 4.69) is 5.32 Å². The van der Waals surface area contributed by atoms with E-state index in [0.717, 1.165) is 0 Å². The van der Waals surface area contributed by atoms with E-state index in [1.807, 2.05) is 0 Å². The summed E-state index contributed by atoms with van der Waals surface area (Å²) in [4.78, 5) is 22.2. The zero-order chi connectivity index (χ0) is 15.4.